The van der Waals surface area contributed by atoms with Crippen molar-refractivity contribution < 1.29 is 0 Å². The molecule has 1 aliphatic carbocycles. The topological polar surface area (TPSA) is 0 Å². The Morgan fingerprint density at radius 2 is 1.32 bits per heavy atom. The Kier molecular flexibility index (Phi) is 3.56. The van der Waals surface area contributed by atoms with E-state index >= 15 is 0 Å². The first-order valence-corrected chi connectivity index (χ1v) is 8.02. The van der Waals surface area contributed by atoms with Crippen molar-refractivity contribution in [3.8, 4) is 0 Å². The lowest BCUT2D eigenvalue weighted by molar-refractivity contribution is 0.529. The van der Waals surface area contributed by atoms with Crippen LogP contribution in [0.15, 0.2) is 73.3 Å². The zero-order valence-corrected chi connectivity index (χ0v) is 13.8. The molecule has 0 fully saturated rings. The molecule has 1 aliphatic rings. The van der Waals surface area contributed by atoms with Gasteiger partial charge >= 0.3 is 0 Å². The fourth-order valence-electron chi connectivity index (χ4n) is 4.10. The maximum Gasteiger partial charge on any atom is 0.0422 e. The van der Waals surface area contributed by atoms with E-state index in [1.807, 2.05) is 6.08 Å². The van der Waals surface area contributed by atoms with Gasteiger partial charge in [0.1, 0.15) is 0 Å². The van der Waals surface area contributed by atoms with E-state index in [2.05, 4.69) is 88.0 Å². The van der Waals surface area contributed by atoms with Crippen LogP contribution in [0.3, 0.4) is 0 Å². The zero-order chi connectivity index (χ0) is 15.8. The van der Waals surface area contributed by atoms with Crippen molar-refractivity contribution in [2.24, 2.45) is 0 Å². The number of hydrogen-bond acceptors (Lipinski definition) is 0. The molecule has 2 aromatic rings. The maximum atomic E-state index is 4.03. The highest BCUT2D eigenvalue weighted by atomic mass is 14.5. The standard InChI is InChI=1S/C22H24/c1-5-15-22(16-6-2)19-13-9-7-11-17(19)21(3,4)18-12-8-10-14-20(18)22/h5-14,16H,1,15H2,2-4H3/b16-6+. The average molecular weight is 288 g/mol. The summed E-state index contributed by atoms with van der Waals surface area (Å²) in [7, 11) is 0. The molecular formula is C22H24. The molecule has 3 rings (SSSR count). The molecule has 0 atom stereocenters. The van der Waals surface area contributed by atoms with E-state index in [0.717, 1.165) is 6.42 Å². The lowest BCUT2D eigenvalue weighted by Crippen LogP contribution is -2.38. The van der Waals surface area contributed by atoms with E-state index in [4.69, 9.17) is 0 Å². The SMILES string of the molecule is C=CCC1(/C=C/C)c2ccccc2C(C)(C)c2ccccc21. The molecule has 22 heavy (non-hydrogen) atoms. The van der Waals surface area contributed by atoms with E-state index in [0.29, 0.717) is 0 Å². The highest BCUT2D eigenvalue weighted by Crippen LogP contribution is 2.51. The Labute approximate surface area is 134 Å². The van der Waals surface area contributed by atoms with Gasteiger partial charge in [0.25, 0.3) is 0 Å². The molecule has 0 radical (unpaired) electrons. The third-order valence-corrected chi connectivity index (χ3v) is 5.08. The highest BCUT2D eigenvalue weighted by Gasteiger charge is 2.44. The number of fused-ring (bicyclic) bond motifs is 2. The number of benzene rings is 2. The van der Waals surface area contributed by atoms with Gasteiger partial charge in [-0.15, -0.1) is 6.58 Å². The second-order valence-corrected chi connectivity index (χ2v) is 6.68. The summed E-state index contributed by atoms with van der Waals surface area (Å²) >= 11 is 0. The summed E-state index contributed by atoms with van der Waals surface area (Å²) in [6.07, 6.45) is 7.49. The average Bonchev–Trinajstić information content (AvgIpc) is 2.54. The van der Waals surface area contributed by atoms with Crippen LogP contribution in [-0.2, 0) is 10.8 Å². The molecular weight excluding hydrogens is 264 g/mol. The fraction of sp³-hybridized carbons (Fsp3) is 0.273. The highest BCUT2D eigenvalue weighted by molar-refractivity contribution is 5.61. The summed E-state index contributed by atoms with van der Waals surface area (Å²) in [5, 5.41) is 0. The van der Waals surface area contributed by atoms with Crippen molar-refractivity contribution in [3.63, 3.8) is 0 Å². The lowest BCUT2D eigenvalue weighted by atomic mass is 9.57. The second kappa shape index (κ2) is 5.28. The van der Waals surface area contributed by atoms with Gasteiger partial charge in [0, 0.05) is 10.8 Å². The summed E-state index contributed by atoms with van der Waals surface area (Å²) < 4.78 is 0. The van der Waals surface area contributed by atoms with E-state index in [1.54, 1.807) is 0 Å². The molecule has 0 nitrogen and oxygen atoms in total. The molecule has 112 valence electrons. The van der Waals surface area contributed by atoms with Crippen molar-refractivity contribution in [1.82, 2.24) is 0 Å². The molecule has 0 amide bonds. The van der Waals surface area contributed by atoms with Gasteiger partial charge in [0.05, 0.1) is 0 Å². The minimum atomic E-state index is -0.0980. The molecule has 0 aliphatic heterocycles. The fourth-order valence-corrected chi connectivity index (χ4v) is 4.10. The molecule has 0 N–H and O–H groups in total. The molecule has 0 aromatic heterocycles. The smallest absolute Gasteiger partial charge is 0.0422 e. The van der Waals surface area contributed by atoms with E-state index in [1.165, 1.54) is 22.3 Å². The van der Waals surface area contributed by atoms with Crippen LogP contribution in [-0.4, -0.2) is 0 Å². The van der Waals surface area contributed by atoms with Crippen LogP contribution in [0.25, 0.3) is 0 Å². The van der Waals surface area contributed by atoms with Gasteiger partial charge in [0.15, 0.2) is 0 Å². The summed E-state index contributed by atoms with van der Waals surface area (Å²) in [4.78, 5) is 0. The van der Waals surface area contributed by atoms with Crippen molar-refractivity contribution in [2.75, 3.05) is 0 Å². The first-order valence-electron chi connectivity index (χ1n) is 8.02. The predicted octanol–water partition coefficient (Wildman–Crippen LogP) is 5.76. The first-order chi connectivity index (χ1) is 10.6. The van der Waals surface area contributed by atoms with Crippen LogP contribution < -0.4 is 0 Å². The summed E-state index contributed by atoms with van der Waals surface area (Å²) in [5.74, 6) is 0. The quantitative estimate of drug-likeness (QED) is 0.629. The van der Waals surface area contributed by atoms with Gasteiger partial charge in [-0.2, -0.15) is 0 Å². The van der Waals surface area contributed by atoms with Crippen molar-refractivity contribution in [3.05, 3.63) is 95.6 Å². The molecule has 0 heterocycles. The van der Waals surface area contributed by atoms with Gasteiger partial charge in [-0.3, -0.25) is 0 Å². The van der Waals surface area contributed by atoms with Crippen molar-refractivity contribution in [1.29, 1.82) is 0 Å². The molecule has 0 unspecified atom stereocenters. The lowest BCUT2D eigenvalue weighted by Gasteiger charge is -2.45. The minimum Gasteiger partial charge on any atom is -0.103 e. The Bertz CT molecular complexity index is 682. The number of allylic oxidation sites excluding steroid dienone is 3. The zero-order valence-electron chi connectivity index (χ0n) is 13.8. The number of hydrogen-bond donors (Lipinski definition) is 0. The molecule has 2 aromatic carbocycles. The van der Waals surface area contributed by atoms with Gasteiger partial charge < -0.3 is 0 Å². The van der Waals surface area contributed by atoms with Gasteiger partial charge in [-0.25, -0.2) is 0 Å². The molecule has 0 spiro atoms. The maximum absolute atomic E-state index is 4.03. The van der Waals surface area contributed by atoms with Gasteiger partial charge in [-0.1, -0.05) is 80.6 Å². The van der Waals surface area contributed by atoms with E-state index < -0.39 is 0 Å². The molecule has 0 bridgehead atoms. The van der Waals surface area contributed by atoms with Crippen molar-refractivity contribution in [2.45, 2.75) is 38.0 Å². The monoisotopic (exact) mass is 288 g/mol. The Balaban J connectivity index is 2.44. The Hall–Kier alpha value is -2.08. The van der Waals surface area contributed by atoms with E-state index in [-0.39, 0.29) is 10.8 Å². The summed E-state index contributed by atoms with van der Waals surface area (Å²) in [6.45, 7) is 10.8. The summed E-state index contributed by atoms with van der Waals surface area (Å²) in [6, 6.07) is 17.8. The first kappa shape index (κ1) is 14.8. The van der Waals surface area contributed by atoms with Crippen LogP contribution in [0, 0.1) is 0 Å². The molecule has 0 heteroatoms. The summed E-state index contributed by atoms with van der Waals surface area (Å²) in [5.41, 5.74) is 5.61. The van der Waals surface area contributed by atoms with Crippen LogP contribution in [0.1, 0.15) is 49.4 Å². The van der Waals surface area contributed by atoms with Crippen molar-refractivity contribution >= 4 is 0 Å². The van der Waals surface area contributed by atoms with Gasteiger partial charge in [0.2, 0.25) is 0 Å². The van der Waals surface area contributed by atoms with Gasteiger partial charge in [-0.05, 0) is 35.6 Å². The minimum absolute atomic E-state index is 0.0272. The Morgan fingerprint density at radius 3 is 1.73 bits per heavy atom. The van der Waals surface area contributed by atoms with Crippen LogP contribution >= 0.6 is 0 Å². The number of rotatable bonds is 3. The van der Waals surface area contributed by atoms with Crippen LogP contribution in [0.4, 0.5) is 0 Å². The van der Waals surface area contributed by atoms with E-state index in [9.17, 15) is 0 Å². The van der Waals surface area contributed by atoms with Crippen LogP contribution in [0.5, 0.6) is 0 Å². The molecule has 0 saturated heterocycles. The second-order valence-electron chi connectivity index (χ2n) is 6.68. The van der Waals surface area contributed by atoms with Crippen LogP contribution in [0.2, 0.25) is 0 Å². The Morgan fingerprint density at radius 1 is 0.864 bits per heavy atom. The predicted molar refractivity (Wildman–Crippen MR) is 95.4 cm³/mol. The largest absolute Gasteiger partial charge is 0.103 e. The third kappa shape index (κ3) is 1.90. The normalized spacial score (nSPS) is 17.8. The third-order valence-electron chi connectivity index (χ3n) is 5.08. The molecule has 0 saturated carbocycles.